The summed E-state index contributed by atoms with van der Waals surface area (Å²) < 4.78 is 5.61. The lowest BCUT2D eigenvalue weighted by molar-refractivity contribution is 0.102. The first kappa shape index (κ1) is 17.4. The largest absolute Gasteiger partial charge is 0.491 e. The highest BCUT2D eigenvalue weighted by molar-refractivity contribution is 6.03. The number of hydrogen-bond acceptors (Lipinski definition) is 5. The van der Waals surface area contributed by atoms with Gasteiger partial charge in [0.05, 0.1) is 11.7 Å². The Morgan fingerprint density at radius 2 is 1.58 bits per heavy atom. The van der Waals surface area contributed by atoms with Crippen molar-refractivity contribution in [2.24, 2.45) is 0 Å². The van der Waals surface area contributed by atoms with Gasteiger partial charge in [0.2, 0.25) is 5.95 Å². The first-order valence-corrected chi connectivity index (χ1v) is 8.32. The molecule has 0 aliphatic rings. The maximum atomic E-state index is 12.2. The maximum Gasteiger partial charge on any atom is 0.258 e. The van der Waals surface area contributed by atoms with Gasteiger partial charge in [-0.3, -0.25) is 4.79 Å². The van der Waals surface area contributed by atoms with Crippen LogP contribution in [0.15, 0.2) is 67.0 Å². The molecule has 6 nitrogen and oxygen atoms in total. The van der Waals surface area contributed by atoms with Crippen molar-refractivity contribution in [3.8, 4) is 5.75 Å². The molecule has 0 radical (unpaired) electrons. The highest BCUT2D eigenvalue weighted by atomic mass is 16.5. The monoisotopic (exact) mass is 348 g/mol. The van der Waals surface area contributed by atoms with Crippen molar-refractivity contribution in [3.63, 3.8) is 0 Å². The van der Waals surface area contributed by atoms with Crippen molar-refractivity contribution < 1.29 is 9.53 Å². The number of benzene rings is 2. The van der Waals surface area contributed by atoms with Crippen LogP contribution in [0.1, 0.15) is 24.2 Å². The summed E-state index contributed by atoms with van der Waals surface area (Å²) in [6, 6.07) is 16.8. The number of para-hydroxylation sites is 1. The number of ether oxygens (including phenoxy) is 1. The average Bonchev–Trinajstić information content (AvgIpc) is 2.64. The van der Waals surface area contributed by atoms with Crippen molar-refractivity contribution in [2.45, 2.75) is 20.0 Å². The molecule has 0 unspecified atom stereocenters. The molecule has 0 saturated heterocycles. The van der Waals surface area contributed by atoms with Crippen LogP contribution in [0.2, 0.25) is 0 Å². The van der Waals surface area contributed by atoms with Gasteiger partial charge in [-0.1, -0.05) is 18.2 Å². The minimum atomic E-state index is -0.252. The van der Waals surface area contributed by atoms with Gasteiger partial charge in [0.15, 0.2) is 0 Å². The van der Waals surface area contributed by atoms with Gasteiger partial charge in [-0.15, -0.1) is 0 Å². The quantitative estimate of drug-likeness (QED) is 0.696. The molecule has 1 amide bonds. The maximum absolute atomic E-state index is 12.2. The summed E-state index contributed by atoms with van der Waals surface area (Å²) in [6.45, 7) is 3.96. The lowest BCUT2D eigenvalue weighted by Crippen LogP contribution is -2.13. The summed E-state index contributed by atoms with van der Waals surface area (Å²) in [4.78, 5) is 20.6. The zero-order valence-electron chi connectivity index (χ0n) is 14.6. The molecule has 1 aromatic heterocycles. The highest BCUT2D eigenvalue weighted by Crippen LogP contribution is 2.19. The van der Waals surface area contributed by atoms with E-state index < -0.39 is 0 Å². The van der Waals surface area contributed by atoms with Crippen LogP contribution >= 0.6 is 0 Å². The fourth-order valence-electron chi connectivity index (χ4n) is 2.25. The van der Waals surface area contributed by atoms with Gasteiger partial charge in [0, 0.05) is 23.8 Å². The average molecular weight is 348 g/mol. The number of hydrogen-bond donors (Lipinski definition) is 2. The molecule has 0 aliphatic heterocycles. The molecule has 3 aromatic rings. The second kappa shape index (κ2) is 8.11. The molecular formula is C20H20N4O2. The van der Waals surface area contributed by atoms with Crippen molar-refractivity contribution in [3.05, 3.63) is 72.6 Å². The molecule has 26 heavy (non-hydrogen) atoms. The molecule has 0 saturated carbocycles. The summed E-state index contributed by atoms with van der Waals surface area (Å²) in [5.41, 5.74) is 1.95. The Bertz CT molecular complexity index is 847. The molecule has 132 valence electrons. The summed E-state index contributed by atoms with van der Waals surface area (Å²) >= 11 is 0. The topological polar surface area (TPSA) is 76.1 Å². The number of carbonyl (C=O) groups excluding carboxylic acids is 1. The smallest absolute Gasteiger partial charge is 0.258 e. The number of anilines is 3. The normalized spacial score (nSPS) is 10.4. The van der Waals surface area contributed by atoms with Crippen LogP contribution in [0, 0.1) is 0 Å². The minimum absolute atomic E-state index is 0.131. The van der Waals surface area contributed by atoms with Crippen LogP contribution in [0.4, 0.5) is 17.3 Å². The predicted molar refractivity (Wildman–Crippen MR) is 102 cm³/mol. The molecule has 6 heteroatoms. The van der Waals surface area contributed by atoms with Crippen LogP contribution < -0.4 is 15.4 Å². The zero-order valence-corrected chi connectivity index (χ0v) is 14.6. The second-order valence-corrected chi connectivity index (χ2v) is 5.93. The van der Waals surface area contributed by atoms with Gasteiger partial charge in [-0.05, 0) is 50.2 Å². The number of nitrogens with one attached hydrogen (secondary N) is 2. The van der Waals surface area contributed by atoms with E-state index in [4.69, 9.17) is 4.74 Å². The van der Waals surface area contributed by atoms with E-state index in [0.717, 1.165) is 17.1 Å². The first-order chi connectivity index (χ1) is 12.6. The third kappa shape index (κ3) is 4.80. The molecular weight excluding hydrogens is 328 g/mol. The third-order valence-corrected chi connectivity index (χ3v) is 3.43. The number of amides is 1. The van der Waals surface area contributed by atoms with E-state index >= 15 is 0 Å². The molecule has 0 bridgehead atoms. The van der Waals surface area contributed by atoms with Gasteiger partial charge >= 0.3 is 0 Å². The van der Waals surface area contributed by atoms with Crippen molar-refractivity contribution in [2.75, 3.05) is 10.6 Å². The second-order valence-electron chi connectivity index (χ2n) is 5.93. The SMILES string of the molecule is CC(C)Oc1ccc(Nc2ncc(C(=O)Nc3ccccc3)cn2)cc1. The van der Waals surface area contributed by atoms with Gasteiger partial charge < -0.3 is 15.4 Å². The third-order valence-electron chi connectivity index (χ3n) is 3.43. The van der Waals surface area contributed by atoms with Crippen LogP contribution in [0.3, 0.4) is 0 Å². The minimum Gasteiger partial charge on any atom is -0.491 e. The van der Waals surface area contributed by atoms with Crippen LogP contribution in [-0.2, 0) is 0 Å². The van der Waals surface area contributed by atoms with E-state index in [-0.39, 0.29) is 12.0 Å². The standard InChI is InChI=1S/C20H20N4O2/c1-14(2)26-18-10-8-17(9-11-18)24-20-21-12-15(13-22-20)19(25)23-16-6-4-3-5-7-16/h3-14H,1-2H3,(H,23,25)(H,21,22,24). The highest BCUT2D eigenvalue weighted by Gasteiger charge is 2.08. The van der Waals surface area contributed by atoms with E-state index in [1.54, 1.807) is 0 Å². The van der Waals surface area contributed by atoms with Gasteiger partial charge in [-0.25, -0.2) is 9.97 Å². The van der Waals surface area contributed by atoms with Crippen LogP contribution in [0.25, 0.3) is 0 Å². The van der Waals surface area contributed by atoms with Gasteiger partial charge in [-0.2, -0.15) is 0 Å². The van der Waals surface area contributed by atoms with E-state index in [1.807, 2.05) is 68.4 Å². The van der Waals surface area contributed by atoms with E-state index in [2.05, 4.69) is 20.6 Å². The Morgan fingerprint density at radius 1 is 0.923 bits per heavy atom. The molecule has 0 spiro atoms. The van der Waals surface area contributed by atoms with E-state index in [1.165, 1.54) is 12.4 Å². The van der Waals surface area contributed by atoms with Crippen molar-refractivity contribution in [1.29, 1.82) is 0 Å². The molecule has 2 aromatic carbocycles. The number of carbonyl (C=O) groups is 1. The Hall–Kier alpha value is -3.41. The molecule has 3 rings (SSSR count). The summed E-state index contributed by atoms with van der Waals surface area (Å²) in [6.07, 6.45) is 3.11. The lowest BCUT2D eigenvalue weighted by atomic mass is 10.3. The number of rotatable bonds is 6. The summed E-state index contributed by atoms with van der Waals surface area (Å²) in [7, 11) is 0. The Balaban J connectivity index is 1.61. The molecule has 2 N–H and O–H groups in total. The fourth-order valence-corrected chi connectivity index (χ4v) is 2.25. The summed E-state index contributed by atoms with van der Waals surface area (Å²) in [5, 5.41) is 5.89. The number of aromatic nitrogens is 2. The van der Waals surface area contributed by atoms with Gasteiger partial charge in [0.1, 0.15) is 5.75 Å². The summed E-state index contributed by atoms with van der Waals surface area (Å²) in [5.74, 6) is 0.969. The predicted octanol–water partition coefficient (Wildman–Crippen LogP) is 4.26. The van der Waals surface area contributed by atoms with E-state index in [0.29, 0.717) is 11.5 Å². The zero-order chi connectivity index (χ0) is 18.4. The molecule has 1 heterocycles. The Labute approximate surface area is 152 Å². The fraction of sp³-hybridized carbons (Fsp3) is 0.150. The molecule has 0 aliphatic carbocycles. The molecule has 0 atom stereocenters. The lowest BCUT2D eigenvalue weighted by Gasteiger charge is -2.10. The molecule has 0 fully saturated rings. The van der Waals surface area contributed by atoms with Crippen molar-refractivity contribution in [1.82, 2.24) is 9.97 Å². The first-order valence-electron chi connectivity index (χ1n) is 8.32. The van der Waals surface area contributed by atoms with Gasteiger partial charge in [0.25, 0.3) is 5.91 Å². The Morgan fingerprint density at radius 3 is 2.19 bits per heavy atom. The van der Waals surface area contributed by atoms with E-state index in [9.17, 15) is 4.79 Å². The Kier molecular flexibility index (Phi) is 5.43. The number of nitrogens with zero attached hydrogens (tertiary/aromatic N) is 2. The van der Waals surface area contributed by atoms with Crippen LogP contribution in [-0.4, -0.2) is 22.0 Å². The van der Waals surface area contributed by atoms with Crippen molar-refractivity contribution >= 4 is 23.2 Å². The van der Waals surface area contributed by atoms with Crippen LogP contribution in [0.5, 0.6) is 5.75 Å².